The molecule has 0 aromatic heterocycles. The van der Waals surface area contributed by atoms with E-state index in [1.165, 1.54) is 21.3 Å². The van der Waals surface area contributed by atoms with Crippen LogP contribution in [0.3, 0.4) is 0 Å². The van der Waals surface area contributed by atoms with Gasteiger partial charge in [-0.25, -0.2) is 0 Å². The number of methoxy groups -OCH3 is 3. The van der Waals surface area contributed by atoms with E-state index in [0.29, 0.717) is 13.0 Å². The fourth-order valence-corrected chi connectivity index (χ4v) is 6.04. The molecule has 2 saturated heterocycles. The molecule has 240 valence electrons. The molecule has 2 heterocycles. The third kappa shape index (κ3) is 9.37. The van der Waals surface area contributed by atoms with Crippen LogP contribution in [0.5, 0.6) is 0 Å². The van der Waals surface area contributed by atoms with Crippen molar-refractivity contribution in [1.82, 2.24) is 25.8 Å². The molecule has 0 aromatic carbocycles. The highest BCUT2D eigenvalue weighted by molar-refractivity contribution is 5.88. The highest BCUT2D eigenvalue weighted by Crippen LogP contribution is 2.29. The summed E-state index contributed by atoms with van der Waals surface area (Å²) in [6, 6.07) is -1.01. The smallest absolute Gasteiger partial charge is 0.325 e. The average Bonchev–Trinajstić information content (AvgIpc) is 3.71. The molecule has 0 radical (unpaired) electrons. The van der Waals surface area contributed by atoms with Crippen LogP contribution in [-0.2, 0) is 38.2 Å². The van der Waals surface area contributed by atoms with E-state index < -0.39 is 30.1 Å². The lowest BCUT2D eigenvalue weighted by Gasteiger charge is -2.39. The van der Waals surface area contributed by atoms with E-state index in [9.17, 15) is 24.0 Å². The first kappa shape index (κ1) is 35.4. The SMILES string of the molecule is CCC(C)C(C(CC(=O)N1CCC[C@H]1C(OC)C(C)C(=O)NCC(=O)OC)OC)N(C)C(=O)CNC(=O)[C@@H]1CCCN1. The number of rotatable bonds is 16. The lowest BCUT2D eigenvalue weighted by molar-refractivity contribution is -0.146. The van der Waals surface area contributed by atoms with Gasteiger partial charge in [0.15, 0.2) is 0 Å². The summed E-state index contributed by atoms with van der Waals surface area (Å²) in [5.41, 5.74) is 0. The summed E-state index contributed by atoms with van der Waals surface area (Å²) in [5, 5.41) is 8.43. The second-order valence-corrected chi connectivity index (χ2v) is 11.3. The number of likely N-dealkylation sites (N-methyl/N-ethyl adjacent to an activating group) is 1. The van der Waals surface area contributed by atoms with E-state index >= 15 is 0 Å². The molecule has 3 N–H and O–H groups in total. The van der Waals surface area contributed by atoms with Gasteiger partial charge in [-0.1, -0.05) is 27.2 Å². The van der Waals surface area contributed by atoms with Crippen molar-refractivity contribution in [1.29, 1.82) is 0 Å². The number of hydrogen-bond donors (Lipinski definition) is 3. The van der Waals surface area contributed by atoms with Gasteiger partial charge >= 0.3 is 5.97 Å². The summed E-state index contributed by atoms with van der Waals surface area (Å²) in [4.78, 5) is 66.9. The van der Waals surface area contributed by atoms with Crippen molar-refractivity contribution in [2.45, 2.75) is 89.6 Å². The third-order valence-corrected chi connectivity index (χ3v) is 8.73. The predicted octanol–water partition coefficient (Wildman–Crippen LogP) is 0.0641. The first-order valence-corrected chi connectivity index (χ1v) is 15.0. The Kier molecular flexibility index (Phi) is 14.7. The van der Waals surface area contributed by atoms with Gasteiger partial charge in [0.25, 0.3) is 0 Å². The van der Waals surface area contributed by atoms with E-state index in [4.69, 9.17) is 9.47 Å². The number of amides is 4. The van der Waals surface area contributed by atoms with Gasteiger partial charge in [-0.2, -0.15) is 0 Å². The van der Waals surface area contributed by atoms with E-state index in [1.807, 2.05) is 13.8 Å². The van der Waals surface area contributed by atoms with Gasteiger partial charge in [-0.3, -0.25) is 24.0 Å². The molecule has 2 rings (SSSR count). The summed E-state index contributed by atoms with van der Waals surface area (Å²) in [7, 11) is 5.97. The topological polar surface area (TPSA) is 156 Å². The highest BCUT2D eigenvalue weighted by atomic mass is 16.5. The number of esters is 1. The van der Waals surface area contributed by atoms with Gasteiger partial charge in [-0.05, 0) is 38.1 Å². The van der Waals surface area contributed by atoms with Crippen LogP contribution < -0.4 is 16.0 Å². The Hall–Kier alpha value is -2.77. The average molecular weight is 598 g/mol. The summed E-state index contributed by atoms with van der Waals surface area (Å²) in [6.07, 6.45) is 2.72. The third-order valence-electron chi connectivity index (χ3n) is 8.73. The minimum Gasteiger partial charge on any atom is -0.468 e. The number of likely N-dealkylation sites (tertiary alicyclic amines) is 1. The van der Waals surface area contributed by atoms with Crippen molar-refractivity contribution in [2.75, 3.05) is 54.6 Å². The maximum Gasteiger partial charge on any atom is 0.325 e. The summed E-state index contributed by atoms with van der Waals surface area (Å²) >= 11 is 0. The van der Waals surface area contributed by atoms with Crippen molar-refractivity contribution in [3.8, 4) is 0 Å². The molecule has 4 amide bonds. The fraction of sp³-hybridized carbons (Fsp3) is 0.828. The lowest BCUT2D eigenvalue weighted by Crippen LogP contribution is -2.54. The Morgan fingerprint density at radius 1 is 1.00 bits per heavy atom. The standard InChI is InChI=1S/C29H51N5O8/c1-8-18(2)26(33(4)24(36)16-31-29(39)20-11-9-13-30-20)22(40-5)15-23(35)34-14-10-12-21(34)27(42-7)19(3)28(38)32-17-25(37)41-6/h18-22,26-27,30H,8-17H2,1-7H3,(H,31,39)(H,32,38)/t18?,19?,20-,21-,22?,26?,27?/m0/s1. The number of carbonyl (C=O) groups excluding carboxylic acids is 5. The van der Waals surface area contributed by atoms with Gasteiger partial charge < -0.3 is 40.0 Å². The molecular formula is C29H51N5O8. The van der Waals surface area contributed by atoms with Gasteiger partial charge in [-0.15, -0.1) is 0 Å². The van der Waals surface area contributed by atoms with E-state index in [0.717, 1.165) is 32.2 Å². The molecule has 2 aliphatic rings. The van der Waals surface area contributed by atoms with Crippen LogP contribution in [-0.4, -0.2) is 124 Å². The van der Waals surface area contributed by atoms with Crippen LogP contribution in [0.4, 0.5) is 0 Å². The van der Waals surface area contributed by atoms with E-state index in [2.05, 4.69) is 20.7 Å². The van der Waals surface area contributed by atoms with Crippen LogP contribution in [0.15, 0.2) is 0 Å². The quantitative estimate of drug-likeness (QED) is 0.210. The molecule has 2 fully saturated rings. The van der Waals surface area contributed by atoms with Crippen molar-refractivity contribution >= 4 is 29.6 Å². The summed E-state index contributed by atoms with van der Waals surface area (Å²) < 4.78 is 16.2. The van der Waals surface area contributed by atoms with Crippen LogP contribution in [0, 0.1) is 11.8 Å². The second-order valence-electron chi connectivity index (χ2n) is 11.3. The summed E-state index contributed by atoms with van der Waals surface area (Å²) in [5.74, 6) is -2.12. The molecule has 13 heteroatoms. The number of hydrogen-bond acceptors (Lipinski definition) is 9. The number of ether oxygens (including phenoxy) is 3. The molecule has 0 spiro atoms. The van der Waals surface area contributed by atoms with Crippen molar-refractivity contribution in [3.63, 3.8) is 0 Å². The van der Waals surface area contributed by atoms with Crippen LogP contribution in [0.25, 0.3) is 0 Å². The molecule has 2 aliphatic heterocycles. The van der Waals surface area contributed by atoms with Gasteiger partial charge in [0.2, 0.25) is 23.6 Å². The number of nitrogens with zero attached hydrogens (tertiary/aromatic N) is 2. The van der Waals surface area contributed by atoms with E-state index in [1.54, 1.807) is 23.8 Å². The van der Waals surface area contributed by atoms with Crippen molar-refractivity contribution < 1.29 is 38.2 Å². The molecule has 5 unspecified atom stereocenters. The normalized spacial score (nSPS) is 22.0. The molecule has 42 heavy (non-hydrogen) atoms. The summed E-state index contributed by atoms with van der Waals surface area (Å²) in [6.45, 7) is 6.66. The zero-order chi connectivity index (χ0) is 31.4. The minimum atomic E-state index is -0.623. The Balaban J connectivity index is 2.10. The molecule has 0 aromatic rings. The fourth-order valence-electron chi connectivity index (χ4n) is 6.04. The molecule has 13 nitrogen and oxygen atoms in total. The maximum atomic E-state index is 13.7. The van der Waals surface area contributed by atoms with Gasteiger partial charge in [0.1, 0.15) is 6.54 Å². The zero-order valence-electron chi connectivity index (χ0n) is 26.3. The molecular weight excluding hydrogens is 546 g/mol. The van der Waals surface area contributed by atoms with Crippen LogP contribution >= 0.6 is 0 Å². The van der Waals surface area contributed by atoms with Gasteiger partial charge in [0, 0.05) is 27.8 Å². The zero-order valence-corrected chi connectivity index (χ0v) is 26.3. The molecule has 0 aliphatic carbocycles. The Morgan fingerprint density at radius 3 is 2.29 bits per heavy atom. The Morgan fingerprint density at radius 2 is 1.71 bits per heavy atom. The number of nitrogens with one attached hydrogen (secondary N) is 3. The van der Waals surface area contributed by atoms with Crippen molar-refractivity contribution in [2.24, 2.45) is 11.8 Å². The second kappa shape index (κ2) is 17.4. The number of carbonyl (C=O) groups is 5. The first-order valence-electron chi connectivity index (χ1n) is 15.0. The molecule has 0 saturated carbocycles. The monoisotopic (exact) mass is 597 g/mol. The largest absolute Gasteiger partial charge is 0.468 e. The first-order chi connectivity index (χ1) is 20.0. The van der Waals surface area contributed by atoms with E-state index in [-0.39, 0.29) is 61.1 Å². The Bertz CT molecular complexity index is 928. The highest BCUT2D eigenvalue weighted by Gasteiger charge is 2.42. The minimum absolute atomic E-state index is 0.0172. The van der Waals surface area contributed by atoms with Gasteiger partial charge in [0.05, 0.1) is 56.3 Å². The lowest BCUT2D eigenvalue weighted by atomic mass is 9.90. The van der Waals surface area contributed by atoms with Crippen LogP contribution in [0.1, 0.15) is 59.3 Å². The van der Waals surface area contributed by atoms with Crippen molar-refractivity contribution in [3.05, 3.63) is 0 Å². The van der Waals surface area contributed by atoms with Crippen LogP contribution in [0.2, 0.25) is 0 Å². The molecule has 0 bridgehead atoms. The predicted molar refractivity (Wildman–Crippen MR) is 155 cm³/mol. The Labute approximate surface area is 249 Å². The maximum absolute atomic E-state index is 13.7. The molecule has 7 atom stereocenters.